The number of aromatic nitrogens is 2. The van der Waals surface area contributed by atoms with Crippen LogP contribution >= 0.6 is 24.0 Å². The summed E-state index contributed by atoms with van der Waals surface area (Å²) in [4.78, 5) is 11.4. The Kier molecular flexibility index (Phi) is 10.6. The number of halogens is 4. The quantitative estimate of drug-likeness (QED) is 0.207. The number of methoxy groups -OCH3 is 1. The Hall–Kier alpha value is -2.31. The van der Waals surface area contributed by atoms with Crippen LogP contribution < -0.4 is 20.7 Å². The SMILES string of the molecule is CN=C(NCCNc1nccc(C(F)(F)F)n1)NCCc1ccc(C)c(OC)c1.I. The molecule has 2 aromatic rings. The van der Waals surface area contributed by atoms with Crippen LogP contribution in [0.4, 0.5) is 19.1 Å². The van der Waals surface area contributed by atoms with E-state index in [0.717, 1.165) is 35.6 Å². The molecule has 0 amide bonds. The van der Waals surface area contributed by atoms with Gasteiger partial charge < -0.3 is 20.7 Å². The van der Waals surface area contributed by atoms with E-state index in [4.69, 9.17) is 4.74 Å². The molecule has 0 bridgehead atoms. The van der Waals surface area contributed by atoms with Gasteiger partial charge in [0.05, 0.1) is 7.11 Å². The maximum atomic E-state index is 12.6. The third kappa shape index (κ3) is 8.20. The van der Waals surface area contributed by atoms with Gasteiger partial charge in [0.2, 0.25) is 5.95 Å². The Balaban J connectivity index is 0.00000450. The second-order valence-corrected chi connectivity index (χ2v) is 6.17. The van der Waals surface area contributed by atoms with Gasteiger partial charge in [-0.3, -0.25) is 4.99 Å². The van der Waals surface area contributed by atoms with Crippen molar-refractivity contribution in [1.29, 1.82) is 0 Å². The van der Waals surface area contributed by atoms with Gasteiger partial charge in [0, 0.05) is 32.9 Å². The lowest BCUT2D eigenvalue weighted by molar-refractivity contribution is -0.141. The molecule has 2 rings (SSSR count). The van der Waals surface area contributed by atoms with Gasteiger partial charge in [0.1, 0.15) is 11.4 Å². The number of anilines is 1. The average Bonchev–Trinajstić information content (AvgIpc) is 2.70. The molecular weight excluding hydrogens is 512 g/mol. The lowest BCUT2D eigenvalue weighted by atomic mass is 10.1. The van der Waals surface area contributed by atoms with Crippen molar-refractivity contribution in [2.45, 2.75) is 19.5 Å². The largest absolute Gasteiger partial charge is 0.496 e. The molecule has 11 heteroatoms. The van der Waals surface area contributed by atoms with Gasteiger partial charge in [-0.25, -0.2) is 9.97 Å². The molecule has 7 nitrogen and oxygen atoms in total. The minimum absolute atomic E-state index is 0. The average molecular weight is 538 g/mol. The summed E-state index contributed by atoms with van der Waals surface area (Å²) in [5, 5.41) is 9.02. The highest BCUT2D eigenvalue weighted by atomic mass is 127. The van der Waals surface area contributed by atoms with Crippen LogP contribution in [0.25, 0.3) is 0 Å². The van der Waals surface area contributed by atoms with Crippen molar-refractivity contribution in [2.75, 3.05) is 39.1 Å². The molecule has 1 heterocycles. The molecule has 0 saturated heterocycles. The number of alkyl halides is 3. The zero-order chi connectivity index (χ0) is 21.3. The highest BCUT2D eigenvalue weighted by molar-refractivity contribution is 14.0. The standard InChI is InChI=1S/C19H25F3N6O.HI/c1-13-4-5-14(12-15(13)29-3)6-8-24-17(23-2)26-10-11-27-18-25-9-7-16(28-18)19(20,21)22;/h4-5,7,9,12H,6,8,10-11H2,1-3H3,(H2,23,24,26)(H,25,27,28);1H. The monoisotopic (exact) mass is 538 g/mol. The van der Waals surface area contributed by atoms with E-state index in [-0.39, 0.29) is 29.9 Å². The van der Waals surface area contributed by atoms with Crippen LogP contribution in [0.5, 0.6) is 5.75 Å². The number of aryl methyl sites for hydroxylation is 1. The number of hydrogen-bond acceptors (Lipinski definition) is 5. The summed E-state index contributed by atoms with van der Waals surface area (Å²) in [6.45, 7) is 3.41. The molecular formula is C19H26F3IN6O. The third-order valence-electron chi connectivity index (χ3n) is 4.05. The van der Waals surface area contributed by atoms with Gasteiger partial charge in [-0.2, -0.15) is 13.2 Å². The summed E-state index contributed by atoms with van der Waals surface area (Å²) in [6, 6.07) is 6.91. The fourth-order valence-electron chi connectivity index (χ4n) is 2.52. The lowest BCUT2D eigenvalue weighted by Crippen LogP contribution is -2.40. The first-order valence-electron chi connectivity index (χ1n) is 9.05. The van der Waals surface area contributed by atoms with Gasteiger partial charge in [0.25, 0.3) is 0 Å². The van der Waals surface area contributed by atoms with E-state index in [9.17, 15) is 13.2 Å². The number of rotatable bonds is 8. The van der Waals surface area contributed by atoms with Crippen molar-refractivity contribution in [3.05, 3.63) is 47.3 Å². The van der Waals surface area contributed by atoms with Crippen molar-refractivity contribution >= 4 is 35.9 Å². The van der Waals surface area contributed by atoms with E-state index in [1.807, 2.05) is 19.1 Å². The van der Waals surface area contributed by atoms with Crippen LogP contribution in [0.15, 0.2) is 35.5 Å². The number of guanidine groups is 1. The molecule has 0 aliphatic heterocycles. The Bertz CT molecular complexity index is 832. The molecule has 0 unspecified atom stereocenters. The summed E-state index contributed by atoms with van der Waals surface area (Å²) >= 11 is 0. The minimum Gasteiger partial charge on any atom is -0.496 e. The molecule has 3 N–H and O–H groups in total. The van der Waals surface area contributed by atoms with Crippen LogP contribution in [0.3, 0.4) is 0 Å². The third-order valence-corrected chi connectivity index (χ3v) is 4.05. The van der Waals surface area contributed by atoms with Crippen molar-refractivity contribution < 1.29 is 17.9 Å². The van der Waals surface area contributed by atoms with E-state index in [1.54, 1.807) is 14.2 Å². The maximum absolute atomic E-state index is 12.6. The van der Waals surface area contributed by atoms with Crippen LogP contribution in [-0.2, 0) is 12.6 Å². The molecule has 30 heavy (non-hydrogen) atoms. The van der Waals surface area contributed by atoms with E-state index in [0.29, 0.717) is 25.6 Å². The molecule has 0 fully saturated rings. The van der Waals surface area contributed by atoms with Crippen molar-refractivity contribution in [3.63, 3.8) is 0 Å². The number of hydrogen-bond donors (Lipinski definition) is 3. The Morgan fingerprint density at radius 2 is 1.87 bits per heavy atom. The molecule has 0 spiro atoms. The second kappa shape index (κ2) is 12.4. The summed E-state index contributed by atoms with van der Waals surface area (Å²) in [5.41, 5.74) is 1.24. The van der Waals surface area contributed by atoms with E-state index >= 15 is 0 Å². The van der Waals surface area contributed by atoms with Crippen LogP contribution in [0.2, 0.25) is 0 Å². The van der Waals surface area contributed by atoms with Gasteiger partial charge in [-0.05, 0) is 36.6 Å². The predicted molar refractivity (Wildman–Crippen MR) is 122 cm³/mol. The maximum Gasteiger partial charge on any atom is 0.433 e. The first-order chi connectivity index (χ1) is 13.8. The number of ether oxygens (including phenoxy) is 1. The van der Waals surface area contributed by atoms with Gasteiger partial charge >= 0.3 is 6.18 Å². The number of benzene rings is 1. The van der Waals surface area contributed by atoms with Crippen molar-refractivity contribution in [2.24, 2.45) is 4.99 Å². The Morgan fingerprint density at radius 1 is 1.13 bits per heavy atom. The Labute approximate surface area is 191 Å². The zero-order valence-corrected chi connectivity index (χ0v) is 19.3. The van der Waals surface area contributed by atoms with E-state index in [1.165, 1.54) is 0 Å². The molecule has 0 aliphatic carbocycles. The molecule has 0 aliphatic rings. The van der Waals surface area contributed by atoms with Crippen molar-refractivity contribution in [1.82, 2.24) is 20.6 Å². The highest BCUT2D eigenvalue weighted by Crippen LogP contribution is 2.27. The Morgan fingerprint density at radius 3 is 2.53 bits per heavy atom. The second-order valence-electron chi connectivity index (χ2n) is 6.17. The van der Waals surface area contributed by atoms with Gasteiger partial charge in [-0.15, -0.1) is 24.0 Å². The van der Waals surface area contributed by atoms with Crippen LogP contribution in [-0.4, -0.2) is 49.7 Å². The van der Waals surface area contributed by atoms with Crippen LogP contribution in [0, 0.1) is 6.92 Å². The number of aliphatic imine (C=N–C) groups is 1. The summed E-state index contributed by atoms with van der Waals surface area (Å²) < 4.78 is 43.3. The molecule has 1 aromatic heterocycles. The van der Waals surface area contributed by atoms with E-state index in [2.05, 4.69) is 37.0 Å². The summed E-state index contributed by atoms with van der Waals surface area (Å²) in [6.07, 6.45) is -2.63. The first kappa shape index (κ1) is 25.7. The normalized spacial score (nSPS) is 11.5. The minimum atomic E-state index is -4.49. The molecule has 0 saturated carbocycles. The number of nitrogens with zero attached hydrogens (tertiary/aromatic N) is 3. The van der Waals surface area contributed by atoms with Crippen LogP contribution in [0.1, 0.15) is 16.8 Å². The summed E-state index contributed by atoms with van der Waals surface area (Å²) in [7, 11) is 3.29. The molecule has 0 radical (unpaired) electrons. The lowest BCUT2D eigenvalue weighted by Gasteiger charge is -2.13. The number of nitrogens with one attached hydrogen (secondary N) is 3. The van der Waals surface area contributed by atoms with Gasteiger partial charge in [0.15, 0.2) is 5.96 Å². The predicted octanol–water partition coefficient (Wildman–Crippen LogP) is 3.25. The van der Waals surface area contributed by atoms with E-state index < -0.39 is 11.9 Å². The summed E-state index contributed by atoms with van der Waals surface area (Å²) in [5.74, 6) is 1.38. The molecule has 0 atom stereocenters. The topological polar surface area (TPSA) is 83.5 Å². The first-order valence-corrected chi connectivity index (χ1v) is 9.05. The van der Waals surface area contributed by atoms with Gasteiger partial charge in [-0.1, -0.05) is 12.1 Å². The molecule has 1 aromatic carbocycles. The fourth-order valence-corrected chi connectivity index (χ4v) is 2.52. The highest BCUT2D eigenvalue weighted by Gasteiger charge is 2.32. The zero-order valence-electron chi connectivity index (χ0n) is 17.0. The van der Waals surface area contributed by atoms with Crippen molar-refractivity contribution in [3.8, 4) is 5.75 Å². The smallest absolute Gasteiger partial charge is 0.433 e. The molecule has 166 valence electrons. The fraction of sp³-hybridized carbons (Fsp3) is 0.421.